The third-order valence-electron chi connectivity index (χ3n) is 2.52. The van der Waals surface area contributed by atoms with Crippen molar-refractivity contribution in [1.82, 2.24) is 0 Å². The molecule has 1 aliphatic heterocycles. The lowest BCUT2D eigenvalue weighted by Gasteiger charge is -2.16. The predicted octanol–water partition coefficient (Wildman–Crippen LogP) is 4.01. The Labute approximate surface area is 110 Å². The molecule has 1 aromatic heterocycles. The van der Waals surface area contributed by atoms with Crippen LogP contribution >= 0.6 is 11.3 Å². The van der Waals surface area contributed by atoms with Crippen LogP contribution in [0, 0.1) is 0 Å². The number of ether oxygens (including phenoxy) is 2. The summed E-state index contributed by atoms with van der Waals surface area (Å²) in [5.41, 5.74) is 0.864. The molecular weight excluding hydrogens is 246 g/mol. The predicted molar refractivity (Wildman–Crippen MR) is 73.4 cm³/mol. The van der Waals surface area contributed by atoms with Crippen molar-refractivity contribution in [2.45, 2.75) is 19.6 Å². The molecule has 0 bridgehead atoms. The molecule has 0 fully saturated rings. The fourth-order valence-corrected chi connectivity index (χ4v) is 2.38. The molecule has 18 heavy (non-hydrogen) atoms. The van der Waals surface area contributed by atoms with Gasteiger partial charge in [-0.15, -0.1) is 11.3 Å². The first-order chi connectivity index (χ1) is 8.62. The SMILES string of the molecule is CC1(C)Oc2ccc(N=Cc3cccs3)cc2O1. The largest absolute Gasteiger partial charge is 0.449 e. The maximum atomic E-state index is 5.68. The van der Waals surface area contributed by atoms with Gasteiger partial charge in [0.25, 0.3) is 0 Å². The van der Waals surface area contributed by atoms with E-state index in [-0.39, 0.29) is 0 Å². The van der Waals surface area contributed by atoms with Crippen LogP contribution in [0.4, 0.5) is 5.69 Å². The summed E-state index contributed by atoms with van der Waals surface area (Å²) in [6, 6.07) is 9.76. The van der Waals surface area contributed by atoms with E-state index in [0.717, 1.165) is 22.1 Å². The summed E-state index contributed by atoms with van der Waals surface area (Å²) in [6.45, 7) is 3.78. The quantitative estimate of drug-likeness (QED) is 0.763. The second kappa shape index (κ2) is 4.14. The van der Waals surface area contributed by atoms with Crippen molar-refractivity contribution in [2.75, 3.05) is 0 Å². The number of aliphatic imine (C=N–C) groups is 1. The molecule has 3 rings (SSSR count). The van der Waals surface area contributed by atoms with Gasteiger partial charge in [-0.25, -0.2) is 0 Å². The molecule has 1 aliphatic rings. The van der Waals surface area contributed by atoms with Crippen LogP contribution < -0.4 is 9.47 Å². The van der Waals surface area contributed by atoms with E-state index in [1.807, 2.05) is 55.8 Å². The Bertz CT molecular complexity index is 588. The molecule has 0 N–H and O–H groups in total. The van der Waals surface area contributed by atoms with Gasteiger partial charge in [0.05, 0.1) is 5.69 Å². The highest BCUT2D eigenvalue weighted by Crippen LogP contribution is 2.41. The molecule has 0 amide bonds. The lowest BCUT2D eigenvalue weighted by Crippen LogP contribution is -2.29. The van der Waals surface area contributed by atoms with Crippen LogP contribution in [0.5, 0.6) is 11.5 Å². The number of benzene rings is 1. The van der Waals surface area contributed by atoms with Gasteiger partial charge >= 0.3 is 0 Å². The van der Waals surface area contributed by atoms with Gasteiger partial charge in [0.2, 0.25) is 5.79 Å². The van der Waals surface area contributed by atoms with Crippen molar-refractivity contribution in [3.63, 3.8) is 0 Å². The Morgan fingerprint density at radius 3 is 2.78 bits per heavy atom. The Kier molecular flexibility index (Phi) is 2.59. The first kappa shape index (κ1) is 11.3. The summed E-state index contributed by atoms with van der Waals surface area (Å²) < 4.78 is 11.3. The molecule has 3 nitrogen and oxygen atoms in total. The smallest absolute Gasteiger partial charge is 0.246 e. The summed E-state index contributed by atoms with van der Waals surface area (Å²) in [5.74, 6) is 0.939. The van der Waals surface area contributed by atoms with Gasteiger partial charge in [-0.05, 0) is 23.6 Å². The van der Waals surface area contributed by atoms with E-state index in [0.29, 0.717) is 0 Å². The van der Waals surface area contributed by atoms with E-state index < -0.39 is 5.79 Å². The van der Waals surface area contributed by atoms with Crippen molar-refractivity contribution in [3.8, 4) is 11.5 Å². The van der Waals surface area contributed by atoms with E-state index in [9.17, 15) is 0 Å². The Morgan fingerprint density at radius 1 is 1.17 bits per heavy atom. The minimum atomic E-state index is -0.585. The minimum Gasteiger partial charge on any atom is -0.449 e. The Hall–Kier alpha value is -1.81. The highest BCUT2D eigenvalue weighted by molar-refractivity contribution is 7.11. The van der Waals surface area contributed by atoms with Gasteiger partial charge in [0, 0.05) is 31.0 Å². The number of fused-ring (bicyclic) bond motifs is 1. The first-order valence-corrected chi connectivity index (χ1v) is 6.60. The molecule has 0 saturated carbocycles. The fraction of sp³-hybridized carbons (Fsp3) is 0.214. The zero-order chi connectivity index (χ0) is 12.6. The van der Waals surface area contributed by atoms with Crippen LogP contribution in [-0.4, -0.2) is 12.0 Å². The maximum Gasteiger partial charge on any atom is 0.246 e. The number of thiophene rings is 1. The summed E-state index contributed by atoms with van der Waals surface area (Å²) in [6.07, 6.45) is 1.85. The normalized spacial score (nSPS) is 16.3. The molecular formula is C14H13NO2S. The monoisotopic (exact) mass is 259 g/mol. The van der Waals surface area contributed by atoms with Crippen LogP contribution in [0.1, 0.15) is 18.7 Å². The lowest BCUT2D eigenvalue weighted by atomic mass is 10.3. The number of nitrogens with zero attached hydrogens (tertiary/aromatic N) is 1. The molecule has 0 saturated heterocycles. The van der Waals surface area contributed by atoms with Gasteiger partial charge in [0.15, 0.2) is 11.5 Å². The summed E-state index contributed by atoms with van der Waals surface area (Å²) in [7, 11) is 0. The highest BCUT2D eigenvalue weighted by Gasteiger charge is 2.31. The molecule has 0 unspecified atom stereocenters. The maximum absolute atomic E-state index is 5.68. The Balaban J connectivity index is 1.84. The Morgan fingerprint density at radius 2 is 2.00 bits per heavy atom. The average molecular weight is 259 g/mol. The fourth-order valence-electron chi connectivity index (χ4n) is 1.79. The summed E-state index contributed by atoms with van der Waals surface area (Å²) in [5, 5.41) is 2.03. The second-order valence-electron chi connectivity index (χ2n) is 4.51. The van der Waals surface area contributed by atoms with Crippen LogP contribution in [0.3, 0.4) is 0 Å². The van der Waals surface area contributed by atoms with Crippen LogP contribution in [0.2, 0.25) is 0 Å². The van der Waals surface area contributed by atoms with E-state index in [1.54, 1.807) is 11.3 Å². The van der Waals surface area contributed by atoms with E-state index >= 15 is 0 Å². The van der Waals surface area contributed by atoms with Gasteiger partial charge < -0.3 is 9.47 Å². The average Bonchev–Trinajstić information content (AvgIpc) is 2.90. The highest BCUT2D eigenvalue weighted by atomic mass is 32.1. The third kappa shape index (κ3) is 2.24. The number of hydrogen-bond acceptors (Lipinski definition) is 4. The van der Waals surface area contributed by atoms with Gasteiger partial charge in [-0.1, -0.05) is 6.07 Å². The molecule has 2 aromatic rings. The van der Waals surface area contributed by atoms with Crippen molar-refractivity contribution in [1.29, 1.82) is 0 Å². The van der Waals surface area contributed by atoms with Crippen molar-refractivity contribution >= 4 is 23.2 Å². The van der Waals surface area contributed by atoms with Crippen LogP contribution in [-0.2, 0) is 0 Å². The molecule has 0 spiro atoms. The summed E-state index contributed by atoms with van der Waals surface area (Å²) in [4.78, 5) is 5.56. The molecule has 4 heteroatoms. The van der Waals surface area contributed by atoms with E-state index in [2.05, 4.69) is 4.99 Å². The lowest BCUT2D eigenvalue weighted by molar-refractivity contribution is -0.0431. The number of rotatable bonds is 2. The minimum absolute atomic E-state index is 0.585. The number of hydrogen-bond donors (Lipinski definition) is 0. The second-order valence-corrected chi connectivity index (χ2v) is 5.49. The molecule has 2 heterocycles. The van der Waals surface area contributed by atoms with Gasteiger partial charge in [-0.2, -0.15) is 0 Å². The van der Waals surface area contributed by atoms with Gasteiger partial charge in [-0.3, -0.25) is 4.99 Å². The third-order valence-corrected chi connectivity index (χ3v) is 3.33. The molecule has 0 aliphatic carbocycles. The molecule has 0 radical (unpaired) electrons. The first-order valence-electron chi connectivity index (χ1n) is 5.72. The van der Waals surface area contributed by atoms with Gasteiger partial charge in [0.1, 0.15) is 0 Å². The van der Waals surface area contributed by atoms with E-state index in [4.69, 9.17) is 9.47 Å². The zero-order valence-electron chi connectivity index (χ0n) is 10.2. The van der Waals surface area contributed by atoms with Crippen molar-refractivity contribution in [2.24, 2.45) is 4.99 Å². The standard InChI is InChI=1S/C14H13NO2S/c1-14(2)16-12-6-5-10(8-13(12)17-14)15-9-11-4-3-7-18-11/h3-9H,1-2H3. The summed E-state index contributed by atoms with van der Waals surface area (Å²) >= 11 is 1.66. The molecule has 1 aromatic carbocycles. The van der Waals surface area contributed by atoms with Crippen molar-refractivity contribution < 1.29 is 9.47 Å². The topological polar surface area (TPSA) is 30.8 Å². The van der Waals surface area contributed by atoms with Crippen LogP contribution in [0.25, 0.3) is 0 Å². The zero-order valence-corrected chi connectivity index (χ0v) is 11.0. The van der Waals surface area contributed by atoms with E-state index in [1.165, 1.54) is 0 Å². The van der Waals surface area contributed by atoms with Crippen LogP contribution in [0.15, 0.2) is 40.7 Å². The molecule has 92 valence electrons. The molecule has 0 atom stereocenters. The van der Waals surface area contributed by atoms with Crippen molar-refractivity contribution in [3.05, 3.63) is 40.6 Å².